The highest BCUT2D eigenvalue weighted by atomic mass is 35.5. The van der Waals surface area contributed by atoms with E-state index in [9.17, 15) is 9.90 Å². The van der Waals surface area contributed by atoms with Crippen molar-refractivity contribution in [3.63, 3.8) is 0 Å². The van der Waals surface area contributed by atoms with E-state index >= 15 is 0 Å². The van der Waals surface area contributed by atoms with Gasteiger partial charge in [-0.15, -0.1) is 0 Å². The quantitative estimate of drug-likeness (QED) is 0.572. The zero-order valence-corrected chi connectivity index (χ0v) is 22.1. The second kappa shape index (κ2) is 10.7. The summed E-state index contributed by atoms with van der Waals surface area (Å²) in [7, 11) is 0. The number of aliphatic hydroxyl groups is 1. The summed E-state index contributed by atoms with van der Waals surface area (Å²) in [5, 5.41) is 14.7. The third-order valence-electron chi connectivity index (χ3n) is 7.95. The molecule has 9 heteroatoms. The van der Waals surface area contributed by atoms with Gasteiger partial charge in [0.2, 0.25) is 0 Å². The number of aldehydes is 1. The van der Waals surface area contributed by atoms with E-state index in [1.807, 2.05) is 24.3 Å². The number of fused-ring (bicyclic) bond motifs is 1. The number of benzene rings is 1. The first-order valence-corrected chi connectivity index (χ1v) is 13.5. The van der Waals surface area contributed by atoms with Gasteiger partial charge < -0.3 is 20.1 Å². The molecule has 0 bridgehead atoms. The molecule has 0 spiro atoms. The second-order valence-electron chi connectivity index (χ2n) is 10.7. The number of rotatable bonds is 6. The molecule has 1 aromatic heterocycles. The molecule has 2 fully saturated rings. The topological polar surface area (TPSA) is 84.8 Å². The number of anilines is 1. The first-order valence-electron chi connectivity index (χ1n) is 13.1. The van der Waals surface area contributed by atoms with E-state index in [-0.39, 0.29) is 18.0 Å². The Balaban J connectivity index is 1.40. The third-order valence-corrected chi connectivity index (χ3v) is 8.20. The van der Waals surface area contributed by atoms with Crippen LogP contribution in [-0.2, 0) is 4.79 Å². The highest BCUT2D eigenvalue weighted by Gasteiger charge is 2.39. The van der Waals surface area contributed by atoms with Gasteiger partial charge in [-0.25, -0.2) is 9.97 Å². The second-order valence-corrected chi connectivity index (χ2v) is 11.2. The van der Waals surface area contributed by atoms with Gasteiger partial charge in [0.25, 0.3) is 0 Å². The monoisotopic (exact) mass is 512 g/mol. The first kappa shape index (κ1) is 25.5. The summed E-state index contributed by atoms with van der Waals surface area (Å²) in [6.45, 7) is 11.6. The maximum atomic E-state index is 12.6. The third kappa shape index (κ3) is 5.02. The van der Waals surface area contributed by atoms with E-state index in [0.29, 0.717) is 23.5 Å². The Bertz CT molecular complexity index is 1050. The van der Waals surface area contributed by atoms with Gasteiger partial charge in [0.15, 0.2) is 0 Å². The number of carbonyl (C=O) groups excluding carboxylic acids is 1. The molecule has 2 unspecified atom stereocenters. The van der Waals surface area contributed by atoms with Crippen molar-refractivity contribution in [1.29, 1.82) is 0 Å². The number of piperazine rings is 2. The molecule has 8 nitrogen and oxygen atoms in total. The Morgan fingerprint density at radius 1 is 1.03 bits per heavy atom. The molecule has 1 aliphatic carbocycles. The van der Waals surface area contributed by atoms with Crippen molar-refractivity contribution in [3.8, 4) is 0 Å². The lowest BCUT2D eigenvalue weighted by molar-refractivity contribution is -0.113. The summed E-state index contributed by atoms with van der Waals surface area (Å²) < 4.78 is 0. The fraction of sp³-hybridized carbons (Fsp3) is 0.593. The normalized spacial score (nSPS) is 29.1. The van der Waals surface area contributed by atoms with Crippen molar-refractivity contribution < 1.29 is 9.90 Å². The lowest BCUT2D eigenvalue weighted by Gasteiger charge is -2.49. The van der Waals surface area contributed by atoms with Crippen LogP contribution in [0.25, 0.3) is 0 Å². The van der Waals surface area contributed by atoms with E-state index in [4.69, 9.17) is 11.6 Å². The molecule has 2 aromatic rings. The smallest absolute Gasteiger partial charge is 0.135 e. The molecular formula is C27H37ClN6O2. The molecule has 6 atom stereocenters. The maximum absolute atomic E-state index is 12.6. The Morgan fingerprint density at radius 2 is 1.69 bits per heavy atom. The maximum Gasteiger partial charge on any atom is 0.135 e. The molecule has 194 valence electrons. The van der Waals surface area contributed by atoms with Gasteiger partial charge in [0, 0.05) is 61.9 Å². The zero-order chi connectivity index (χ0) is 25.4. The molecule has 1 aromatic carbocycles. The predicted octanol–water partition coefficient (Wildman–Crippen LogP) is 2.78. The minimum Gasteiger partial charge on any atom is -0.387 e. The van der Waals surface area contributed by atoms with Crippen molar-refractivity contribution in [2.45, 2.75) is 63.4 Å². The van der Waals surface area contributed by atoms with Crippen LogP contribution in [0.5, 0.6) is 0 Å². The fourth-order valence-corrected chi connectivity index (χ4v) is 6.55. The zero-order valence-electron chi connectivity index (χ0n) is 21.3. The average molecular weight is 513 g/mol. The summed E-state index contributed by atoms with van der Waals surface area (Å²) >= 11 is 6.16. The van der Waals surface area contributed by atoms with Gasteiger partial charge in [-0.1, -0.05) is 30.7 Å². The standard InChI is InChI=1S/C27H37ClN6O2/c1-17-12-23(36)25-24(17)26(30-16-29-25)32-8-10-33(11-9-32)27(34-13-18(2)31-19(3)14-34)22(15-35)20-4-6-21(28)7-5-20/h4-7,15-19,22-23,27,31,36H,8-14H2,1-3H3/t17-,18-,19+,22?,23-,27?/m1/s1. The molecule has 2 saturated heterocycles. The molecule has 0 radical (unpaired) electrons. The summed E-state index contributed by atoms with van der Waals surface area (Å²) in [5.41, 5.74) is 2.86. The first-order chi connectivity index (χ1) is 17.4. The largest absolute Gasteiger partial charge is 0.387 e. The van der Waals surface area contributed by atoms with Gasteiger partial charge in [-0.05, 0) is 43.9 Å². The lowest BCUT2D eigenvalue weighted by atomic mass is 9.93. The van der Waals surface area contributed by atoms with Crippen molar-refractivity contribution in [2.24, 2.45) is 0 Å². The number of aliphatic hydroxyl groups excluding tert-OH is 1. The molecule has 2 N–H and O–H groups in total. The Labute approximate surface area is 218 Å². The molecule has 2 aliphatic heterocycles. The lowest BCUT2D eigenvalue weighted by Crippen LogP contribution is -2.64. The van der Waals surface area contributed by atoms with Crippen LogP contribution in [0.2, 0.25) is 5.02 Å². The van der Waals surface area contributed by atoms with Crippen molar-refractivity contribution in [3.05, 3.63) is 52.4 Å². The van der Waals surface area contributed by atoms with Crippen LogP contribution < -0.4 is 10.2 Å². The Kier molecular flexibility index (Phi) is 7.60. The SMILES string of the molecule is C[C@@H]1CN(C(C(C=O)c2ccc(Cl)cc2)N2CCN(c3ncnc4c3[C@H](C)C[C@H]4O)CC2)C[C@H](C)N1. The summed E-state index contributed by atoms with van der Waals surface area (Å²) in [6.07, 6.45) is 2.85. The minimum absolute atomic E-state index is 0.0327. The summed E-state index contributed by atoms with van der Waals surface area (Å²) in [4.78, 5) is 28.9. The van der Waals surface area contributed by atoms with E-state index in [1.54, 1.807) is 6.33 Å². The van der Waals surface area contributed by atoms with Gasteiger partial charge in [0.05, 0.1) is 23.9 Å². The van der Waals surface area contributed by atoms with Crippen LogP contribution in [-0.4, -0.2) is 88.7 Å². The van der Waals surface area contributed by atoms with Crippen LogP contribution in [0.4, 0.5) is 5.82 Å². The van der Waals surface area contributed by atoms with Crippen LogP contribution in [0.1, 0.15) is 62.0 Å². The molecule has 3 aliphatic rings. The molecule has 0 saturated carbocycles. The van der Waals surface area contributed by atoms with Crippen molar-refractivity contribution in [1.82, 2.24) is 25.1 Å². The molecular weight excluding hydrogens is 476 g/mol. The van der Waals surface area contributed by atoms with Crippen molar-refractivity contribution >= 4 is 23.7 Å². The van der Waals surface area contributed by atoms with Gasteiger partial charge in [0.1, 0.15) is 18.4 Å². The van der Waals surface area contributed by atoms with Crippen LogP contribution in [0, 0.1) is 0 Å². The van der Waals surface area contributed by atoms with Gasteiger partial charge >= 0.3 is 0 Å². The number of aromatic nitrogens is 2. The molecule has 3 heterocycles. The highest BCUT2D eigenvalue weighted by molar-refractivity contribution is 6.30. The number of halogens is 1. The minimum atomic E-state index is -0.508. The molecule has 36 heavy (non-hydrogen) atoms. The van der Waals surface area contributed by atoms with Gasteiger partial charge in [-0.2, -0.15) is 0 Å². The number of hydrogen-bond acceptors (Lipinski definition) is 8. The van der Waals surface area contributed by atoms with Crippen LogP contribution in [0.15, 0.2) is 30.6 Å². The van der Waals surface area contributed by atoms with E-state index in [1.165, 1.54) is 0 Å². The number of carbonyl (C=O) groups is 1. The summed E-state index contributed by atoms with van der Waals surface area (Å²) in [6, 6.07) is 8.42. The number of hydrogen-bond donors (Lipinski definition) is 2. The van der Waals surface area contributed by atoms with Crippen LogP contribution >= 0.6 is 11.6 Å². The van der Waals surface area contributed by atoms with Crippen LogP contribution in [0.3, 0.4) is 0 Å². The Morgan fingerprint density at radius 3 is 2.33 bits per heavy atom. The fourth-order valence-electron chi connectivity index (χ4n) is 6.43. The van der Waals surface area contributed by atoms with Gasteiger partial charge in [-0.3, -0.25) is 9.80 Å². The Hall–Kier alpha value is -2.10. The molecule has 0 amide bonds. The molecule has 5 rings (SSSR count). The number of nitrogens with one attached hydrogen (secondary N) is 1. The van der Waals surface area contributed by atoms with E-state index < -0.39 is 6.10 Å². The van der Waals surface area contributed by atoms with Crippen molar-refractivity contribution in [2.75, 3.05) is 44.2 Å². The average Bonchev–Trinajstić information content (AvgIpc) is 3.16. The summed E-state index contributed by atoms with van der Waals surface area (Å²) in [5.74, 6) is 0.921. The number of nitrogens with zero attached hydrogens (tertiary/aromatic N) is 5. The predicted molar refractivity (Wildman–Crippen MR) is 141 cm³/mol. The van der Waals surface area contributed by atoms with E-state index in [0.717, 1.165) is 68.2 Å². The highest BCUT2D eigenvalue weighted by Crippen LogP contribution is 2.43. The van der Waals surface area contributed by atoms with E-state index in [2.05, 4.69) is 50.8 Å².